The van der Waals surface area contributed by atoms with E-state index in [1.165, 1.54) is 18.5 Å². The van der Waals surface area contributed by atoms with E-state index in [9.17, 15) is 13.2 Å². The monoisotopic (exact) mass is 382 g/mol. The second-order valence-electron chi connectivity index (χ2n) is 5.87. The van der Waals surface area contributed by atoms with Crippen LogP contribution in [0.25, 0.3) is 11.0 Å². The predicted molar refractivity (Wildman–Crippen MR) is 98.6 cm³/mol. The van der Waals surface area contributed by atoms with Crippen LogP contribution in [0, 0.1) is 0 Å². The number of anilines is 2. The second kappa shape index (κ2) is 7.15. The van der Waals surface area contributed by atoms with Gasteiger partial charge in [0, 0.05) is 11.9 Å². The van der Waals surface area contributed by atoms with Gasteiger partial charge < -0.3 is 10.1 Å². The van der Waals surface area contributed by atoms with E-state index in [1.54, 1.807) is 36.5 Å². The minimum absolute atomic E-state index is 0.321. The molecule has 0 aliphatic heterocycles. The number of fused-ring (bicyclic) bond motifs is 1. The second-order valence-corrected chi connectivity index (χ2v) is 5.87. The Morgan fingerprint density at radius 3 is 2.14 bits per heavy atom. The topological polar surface area (TPSA) is 59.9 Å². The van der Waals surface area contributed by atoms with Gasteiger partial charge >= 0.3 is 6.18 Å². The fourth-order valence-corrected chi connectivity index (χ4v) is 2.59. The van der Waals surface area contributed by atoms with Crippen LogP contribution in [0.3, 0.4) is 0 Å². The van der Waals surface area contributed by atoms with Crippen molar-refractivity contribution in [2.24, 2.45) is 0 Å². The third kappa shape index (κ3) is 3.85. The van der Waals surface area contributed by atoms with Gasteiger partial charge in [-0.2, -0.15) is 13.2 Å². The zero-order valence-corrected chi connectivity index (χ0v) is 14.3. The molecule has 0 saturated carbocycles. The van der Waals surface area contributed by atoms with E-state index in [-0.39, 0.29) is 0 Å². The van der Waals surface area contributed by atoms with Crippen LogP contribution in [0.5, 0.6) is 11.5 Å². The molecule has 28 heavy (non-hydrogen) atoms. The van der Waals surface area contributed by atoms with E-state index in [4.69, 9.17) is 4.74 Å². The molecule has 0 unspecified atom stereocenters. The number of pyridine rings is 1. The lowest BCUT2D eigenvalue weighted by Gasteiger charge is -2.10. The summed E-state index contributed by atoms with van der Waals surface area (Å²) in [6.45, 7) is 0. The summed E-state index contributed by atoms with van der Waals surface area (Å²) in [4.78, 5) is 12.5. The van der Waals surface area contributed by atoms with Crippen molar-refractivity contribution in [2.75, 3.05) is 5.32 Å². The first kappa shape index (κ1) is 17.7. The van der Waals surface area contributed by atoms with Crippen LogP contribution >= 0.6 is 0 Å². The predicted octanol–water partition coefficient (Wildman–Crippen LogP) is 5.58. The maximum absolute atomic E-state index is 12.6. The molecule has 5 nitrogen and oxygen atoms in total. The molecule has 0 aliphatic rings. The van der Waals surface area contributed by atoms with Crippen LogP contribution in [-0.2, 0) is 6.18 Å². The standard InChI is InChI=1S/C20H13F3N4O/c21-20(22,23)13-3-7-15(8-4-13)28-16-9-5-14(6-10-16)27-19-17-2-1-11-24-18(17)25-12-26-19/h1-12H,(H,24,25,26,27). The fraction of sp³-hybridized carbons (Fsp3) is 0.0500. The average molecular weight is 382 g/mol. The van der Waals surface area contributed by atoms with Crippen LogP contribution in [0.15, 0.2) is 73.2 Å². The van der Waals surface area contributed by atoms with Gasteiger partial charge in [-0.05, 0) is 60.7 Å². The van der Waals surface area contributed by atoms with E-state index in [2.05, 4.69) is 20.3 Å². The van der Waals surface area contributed by atoms with Crippen molar-refractivity contribution in [3.63, 3.8) is 0 Å². The van der Waals surface area contributed by atoms with Crippen molar-refractivity contribution in [1.82, 2.24) is 15.0 Å². The Bertz CT molecular complexity index is 1090. The lowest BCUT2D eigenvalue weighted by Crippen LogP contribution is -2.03. The largest absolute Gasteiger partial charge is 0.457 e. The van der Waals surface area contributed by atoms with E-state index >= 15 is 0 Å². The summed E-state index contributed by atoms with van der Waals surface area (Å²) in [6, 6.07) is 15.2. The van der Waals surface area contributed by atoms with Gasteiger partial charge in [0.2, 0.25) is 0 Å². The number of rotatable bonds is 4. The third-order valence-electron chi connectivity index (χ3n) is 3.94. The van der Waals surface area contributed by atoms with Crippen LogP contribution in [0.4, 0.5) is 24.7 Å². The van der Waals surface area contributed by atoms with Gasteiger partial charge in [0.15, 0.2) is 5.65 Å². The van der Waals surface area contributed by atoms with Crippen LogP contribution < -0.4 is 10.1 Å². The van der Waals surface area contributed by atoms with Crippen LogP contribution in [-0.4, -0.2) is 15.0 Å². The van der Waals surface area contributed by atoms with Crippen molar-refractivity contribution in [2.45, 2.75) is 6.18 Å². The number of halogens is 3. The minimum atomic E-state index is -4.37. The number of nitrogens with one attached hydrogen (secondary N) is 1. The molecular weight excluding hydrogens is 369 g/mol. The molecule has 8 heteroatoms. The Morgan fingerprint density at radius 1 is 0.786 bits per heavy atom. The molecule has 4 rings (SSSR count). The first-order valence-corrected chi connectivity index (χ1v) is 8.27. The Kier molecular flexibility index (Phi) is 4.52. The number of nitrogens with zero attached hydrogens (tertiary/aromatic N) is 3. The summed E-state index contributed by atoms with van der Waals surface area (Å²) in [6.07, 6.45) is -1.28. The highest BCUT2D eigenvalue weighted by Crippen LogP contribution is 2.31. The molecule has 0 radical (unpaired) electrons. The van der Waals surface area contributed by atoms with Crippen molar-refractivity contribution < 1.29 is 17.9 Å². The van der Waals surface area contributed by atoms with E-state index in [0.29, 0.717) is 23.0 Å². The number of alkyl halides is 3. The summed E-state index contributed by atoms with van der Waals surface area (Å²) in [7, 11) is 0. The fourth-order valence-electron chi connectivity index (χ4n) is 2.59. The Labute approximate surface area is 157 Å². The molecule has 0 aliphatic carbocycles. The highest BCUT2D eigenvalue weighted by molar-refractivity contribution is 5.87. The number of benzene rings is 2. The van der Waals surface area contributed by atoms with E-state index in [1.807, 2.05) is 6.07 Å². The van der Waals surface area contributed by atoms with Gasteiger partial charge in [-0.15, -0.1) is 0 Å². The lowest BCUT2D eigenvalue weighted by atomic mass is 10.2. The van der Waals surface area contributed by atoms with Crippen LogP contribution in [0.1, 0.15) is 5.56 Å². The molecule has 0 spiro atoms. The number of hydrogen-bond donors (Lipinski definition) is 1. The highest BCUT2D eigenvalue weighted by Gasteiger charge is 2.30. The smallest absolute Gasteiger partial charge is 0.416 e. The Hall–Kier alpha value is -3.68. The molecule has 0 atom stereocenters. The number of aromatic nitrogens is 3. The molecule has 0 bridgehead atoms. The molecule has 0 fully saturated rings. The summed E-state index contributed by atoms with van der Waals surface area (Å²) in [5, 5.41) is 3.98. The summed E-state index contributed by atoms with van der Waals surface area (Å²) in [5.41, 5.74) is 0.636. The van der Waals surface area contributed by atoms with E-state index in [0.717, 1.165) is 23.2 Å². The maximum atomic E-state index is 12.6. The van der Waals surface area contributed by atoms with Gasteiger partial charge in [-0.25, -0.2) is 15.0 Å². The zero-order valence-electron chi connectivity index (χ0n) is 14.3. The van der Waals surface area contributed by atoms with E-state index < -0.39 is 11.7 Å². The van der Waals surface area contributed by atoms with Gasteiger partial charge in [0.1, 0.15) is 23.6 Å². The zero-order chi connectivity index (χ0) is 19.6. The lowest BCUT2D eigenvalue weighted by molar-refractivity contribution is -0.137. The first-order valence-electron chi connectivity index (χ1n) is 8.27. The Morgan fingerprint density at radius 2 is 1.46 bits per heavy atom. The summed E-state index contributed by atoms with van der Waals surface area (Å²) in [5.74, 6) is 1.44. The van der Waals surface area contributed by atoms with Crippen molar-refractivity contribution >= 4 is 22.5 Å². The molecule has 0 amide bonds. The highest BCUT2D eigenvalue weighted by atomic mass is 19.4. The van der Waals surface area contributed by atoms with Crippen molar-refractivity contribution in [3.8, 4) is 11.5 Å². The molecule has 4 aromatic rings. The quantitative estimate of drug-likeness (QED) is 0.499. The van der Waals surface area contributed by atoms with Gasteiger partial charge in [-0.3, -0.25) is 0 Å². The van der Waals surface area contributed by atoms with Gasteiger partial charge in [-0.1, -0.05) is 0 Å². The maximum Gasteiger partial charge on any atom is 0.416 e. The molecule has 2 aromatic carbocycles. The van der Waals surface area contributed by atoms with Crippen molar-refractivity contribution in [1.29, 1.82) is 0 Å². The number of hydrogen-bond acceptors (Lipinski definition) is 5. The molecular formula is C20H13F3N4O. The normalized spacial score (nSPS) is 11.4. The SMILES string of the molecule is FC(F)(F)c1ccc(Oc2ccc(Nc3ncnc4ncccc34)cc2)cc1. The summed E-state index contributed by atoms with van der Waals surface area (Å²) >= 11 is 0. The molecule has 2 heterocycles. The minimum Gasteiger partial charge on any atom is -0.457 e. The van der Waals surface area contributed by atoms with Gasteiger partial charge in [0.05, 0.1) is 10.9 Å². The average Bonchev–Trinajstić information content (AvgIpc) is 2.69. The van der Waals surface area contributed by atoms with Crippen molar-refractivity contribution in [3.05, 3.63) is 78.8 Å². The third-order valence-corrected chi connectivity index (χ3v) is 3.94. The first-order chi connectivity index (χ1) is 13.5. The molecule has 140 valence electrons. The number of ether oxygens (including phenoxy) is 1. The summed E-state index contributed by atoms with van der Waals surface area (Å²) < 4.78 is 43.4. The molecule has 1 N–H and O–H groups in total. The van der Waals surface area contributed by atoms with Crippen LogP contribution in [0.2, 0.25) is 0 Å². The Balaban J connectivity index is 1.48. The van der Waals surface area contributed by atoms with Gasteiger partial charge in [0.25, 0.3) is 0 Å². The molecule has 2 aromatic heterocycles. The molecule has 0 saturated heterocycles.